The minimum atomic E-state index is -3.54. The van der Waals surface area contributed by atoms with Crippen LogP contribution in [0.5, 0.6) is 5.75 Å². The second-order valence-corrected chi connectivity index (χ2v) is 8.21. The number of anilines is 1. The number of fused-ring (bicyclic) bond motifs is 1. The molecule has 0 aliphatic carbocycles. The first-order valence-corrected chi connectivity index (χ1v) is 9.96. The summed E-state index contributed by atoms with van der Waals surface area (Å²) in [6.07, 6.45) is 3.70. The molecular weight excluding hydrogens is 328 g/mol. The van der Waals surface area contributed by atoms with E-state index in [0.29, 0.717) is 31.1 Å². The second-order valence-electron chi connectivity index (χ2n) is 6.32. The summed E-state index contributed by atoms with van der Waals surface area (Å²) in [5.41, 5.74) is 0.637. The summed E-state index contributed by atoms with van der Waals surface area (Å²) >= 11 is 0. The Balaban J connectivity index is 1.96. The van der Waals surface area contributed by atoms with E-state index < -0.39 is 10.0 Å². The van der Waals surface area contributed by atoms with Gasteiger partial charge in [-0.1, -0.05) is 13.3 Å². The van der Waals surface area contributed by atoms with Gasteiger partial charge in [-0.2, -0.15) is 4.31 Å². The molecule has 0 spiro atoms. The SMILES string of the molecule is CCC1CCCCN1S(=O)(=O)c1ccc2c(c1)OCCN2C(C)=O. The first-order chi connectivity index (χ1) is 11.4. The largest absolute Gasteiger partial charge is 0.489 e. The van der Waals surface area contributed by atoms with Gasteiger partial charge >= 0.3 is 0 Å². The Labute approximate surface area is 143 Å². The van der Waals surface area contributed by atoms with Crippen molar-refractivity contribution < 1.29 is 17.9 Å². The first kappa shape index (κ1) is 17.2. The molecule has 1 unspecified atom stereocenters. The van der Waals surface area contributed by atoms with Gasteiger partial charge in [-0.15, -0.1) is 0 Å². The summed E-state index contributed by atoms with van der Waals surface area (Å²) in [6, 6.07) is 4.88. The zero-order chi connectivity index (χ0) is 17.3. The molecule has 1 amide bonds. The third-order valence-corrected chi connectivity index (χ3v) is 6.77. The lowest BCUT2D eigenvalue weighted by Crippen LogP contribution is -2.43. The van der Waals surface area contributed by atoms with Crippen LogP contribution in [0, 0.1) is 0 Å². The minimum Gasteiger partial charge on any atom is -0.489 e. The molecule has 1 saturated heterocycles. The van der Waals surface area contributed by atoms with Crippen molar-refractivity contribution in [3.63, 3.8) is 0 Å². The van der Waals surface area contributed by atoms with Gasteiger partial charge in [0.1, 0.15) is 12.4 Å². The van der Waals surface area contributed by atoms with E-state index in [-0.39, 0.29) is 16.8 Å². The number of ether oxygens (including phenoxy) is 1. The number of carbonyl (C=O) groups excluding carboxylic acids is 1. The van der Waals surface area contributed by atoms with Crippen molar-refractivity contribution in [2.24, 2.45) is 0 Å². The van der Waals surface area contributed by atoms with Crippen LogP contribution >= 0.6 is 0 Å². The molecule has 24 heavy (non-hydrogen) atoms. The molecule has 0 aromatic heterocycles. The van der Waals surface area contributed by atoms with Crippen molar-refractivity contribution in [1.29, 1.82) is 0 Å². The molecule has 0 saturated carbocycles. The van der Waals surface area contributed by atoms with Crippen LogP contribution in [0.15, 0.2) is 23.1 Å². The van der Waals surface area contributed by atoms with Crippen LogP contribution in [-0.2, 0) is 14.8 Å². The predicted molar refractivity (Wildman–Crippen MR) is 91.8 cm³/mol. The zero-order valence-electron chi connectivity index (χ0n) is 14.2. The Morgan fingerprint density at radius 1 is 1.29 bits per heavy atom. The number of rotatable bonds is 3. The lowest BCUT2D eigenvalue weighted by atomic mass is 10.0. The number of hydrogen-bond acceptors (Lipinski definition) is 4. The summed E-state index contributed by atoms with van der Waals surface area (Å²) in [6.45, 7) is 4.95. The van der Waals surface area contributed by atoms with Crippen molar-refractivity contribution in [3.05, 3.63) is 18.2 Å². The maximum Gasteiger partial charge on any atom is 0.243 e. The molecule has 1 fully saturated rings. The molecule has 1 aromatic carbocycles. The van der Waals surface area contributed by atoms with E-state index in [9.17, 15) is 13.2 Å². The molecule has 0 N–H and O–H groups in total. The van der Waals surface area contributed by atoms with Crippen molar-refractivity contribution in [3.8, 4) is 5.75 Å². The maximum atomic E-state index is 13.0. The van der Waals surface area contributed by atoms with Crippen molar-refractivity contribution >= 4 is 21.6 Å². The van der Waals surface area contributed by atoms with Gasteiger partial charge in [0, 0.05) is 25.6 Å². The molecule has 2 heterocycles. The first-order valence-electron chi connectivity index (χ1n) is 8.52. The Kier molecular flexibility index (Phi) is 4.83. The van der Waals surface area contributed by atoms with E-state index in [4.69, 9.17) is 4.74 Å². The Morgan fingerprint density at radius 3 is 2.79 bits per heavy atom. The molecule has 1 aromatic rings. The third-order valence-electron chi connectivity index (χ3n) is 4.83. The Bertz CT molecular complexity index is 732. The zero-order valence-corrected chi connectivity index (χ0v) is 15.0. The molecule has 7 heteroatoms. The number of hydrogen-bond donors (Lipinski definition) is 0. The molecule has 0 radical (unpaired) electrons. The lowest BCUT2D eigenvalue weighted by molar-refractivity contribution is -0.116. The Morgan fingerprint density at radius 2 is 2.08 bits per heavy atom. The van der Waals surface area contributed by atoms with Gasteiger partial charge in [0.2, 0.25) is 15.9 Å². The number of nitrogens with zero attached hydrogens (tertiary/aromatic N) is 2. The van der Waals surface area contributed by atoms with Crippen molar-refractivity contribution in [2.45, 2.75) is 50.5 Å². The predicted octanol–water partition coefficient (Wildman–Crippen LogP) is 2.39. The van der Waals surface area contributed by atoms with E-state index in [0.717, 1.165) is 25.7 Å². The summed E-state index contributed by atoms with van der Waals surface area (Å²) < 4.78 is 33.3. The van der Waals surface area contributed by atoms with E-state index >= 15 is 0 Å². The van der Waals surface area contributed by atoms with Crippen molar-refractivity contribution in [2.75, 3.05) is 24.6 Å². The fourth-order valence-corrected chi connectivity index (χ4v) is 5.30. The van der Waals surface area contributed by atoms with Crippen LogP contribution < -0.4 is 9.64 Å². The standard InChI is InChI=1S/C17H24N2O4S/c1-3-14-6-4-5-9-19(14)24(21,22)15-7-8-16-17(12-15)23-11-10-18(16)13(2)20/h7-8,12,14H,3-6,9-11H2,1-2H3. The summed E-state index contributed by atoms with van der Waals surface area (Å²) in [7, 11) is -3.54. The van der Waals surface area contributed by atoms with Gasteiger partial charge in [-0.25, -0.2) is 8.42 Å². The van der Waals surface area contributed by atoms with Gasteiger partial charge in [0.25, 0.3) is 0 Å². The summed E-state index contributed by atoms with van der Waals surface area (Å²) in [5.74, 6) is 0.389. The van der Waals surface area contributed by atoms with E-state index in [1.54, 1.807) is 27.4 Å². The van der Waals surface area contributed by atoms with Gasteiger partial charge < -0.3 is 9.64 Å². The minimum absolute atomic E-state index is 0.0643. The highest BCUT2D eigenvalue weighted by Gasteiger charge is 2.33. The van der Waals surface area contributed by atoms with Gasteiger partial charge in [-0.3, -0.25) is 4.79 Å². The molecule has 1 atom stereocenters. The second kappa shape index (κ2) is 6.72. The van der Waals surface area contributed by atoms with E-state index in [1.807, 2.05) is 6.92 Å². The molecule has 0 bridgehead atoms. The van der Waals surface area contributed by atoms with Crippen LogP contribution in [0.1, 0.15) is 39.5 Å². The van der Waals surface area contributed by atoms with Gasteiger partial charge in [0.05, 0.1) is 17.1 Å². The number of piperidine rings is 1. The fraction of sp³-hybridized carbons (Fsp3) is 0.588. The number of amides is 1. The number of sulfonamides is 1. The van der Waals surface area contributed by atoms with Gasteiger partial charge in [-0.05, 0) is 31.4 Å². The lowest BCUT2D eigenvalue weighted by Gasteiger charge is -2.34. The van der Waals surface area contributed by atoms with Crippen molar-refractivity contribution in [1.82, 2.24) is 4.31 Å². The number of benzene rings is 1. The molecule has 2 aliphatic heterocycles. The highest BCUT2D eigenvalue weighted by atomic mass is 32.2. The average Bonchev–Trinajstić information content (AvgIpc) is 2.60. The van der Waals surface area contributed by atoms with Crippen LogP contribution in [0.3, 0.4) is 0 Å². The monoisotopic (exact) mass is 352 g/mol. The fourth-order valence-electron chi connectivity index (χ4n) is 3.52. The normalized spacial score (nSPS) is 21.9. The third kappa shape index (κ3) is 3.02. The van der Waals surface area contributed by atoms with Gasteiger partial charge in [0.15, 0.2) is 0 Å². The molecule has 132 valence electrons. The number of carbonyl (C=O) groups is 1. The van der Waals surface area contributed by atoms with Crippen LogP contribution in [-0.4, -0.2) is 44.4 Å². The van der Waals surface area contributed by atoms with Crippen LogP contribution in [0.2, 0.25) is 0 Å². The topological polar surface area (TPSA) is 66.9 Å². The quantitative estimate of drug-likeness (QED) is 0.838. The highest BCUT2D eigenvalue weighted by molar-refractivity contribution is 7.89. The highest BCUT2D eigenvalue weighted by Crippen LogP contribution is 2.36. The Hall–Kier alpha value is -1.60. The van der Waals surface area contributed by atoms with Crippen LogP contribution in [0.25, 0.3) is 0 Å². The van der Waals surface area contributed by atoms with Crippen LogP contribution in [0.4, 0.5) is 5.69 Å². The smallest absolute Gasteiger partial charge is 0.243 e. The van der Waals surface area contributed by atoms with E-state index in [1.165, 1.54) is 6.92 Å². The van der Waals surface area contributed by atoms with E-state index in [2.05, 4.69) is 0 Å². The summed E-state index contributed by atoms with van der Waals surface area (Å²) in [5, 5.41) is 0. The molecule has 3 rings (SSSR count). The maximum absolute atomic E-state index is 13.0. The average molecular weight is 352 g/mol. The molecular formula is C17H24N2O4S. The molecule has 2 aliphatic rings. The summed E-state index contributed by atoms with van der Waals surface area (Å²) in [4.78, 5) is 13.6. The molecule has 6 nitrogen and oxygen atoms in total.